The van der Waals surface area contributed by atoms with Gasteiger partial charge in [-0.05, 0) is 12.3 Å². The van der Waals surface area contributed by atoms with E-state index in [0.717, 1.165) is 6.42 Å². The van der Waals surface area contributed by atoms with Gasteiger partial charge in [0.2, 0.25) is 0 Å². The average Bonchev–Trinajstić information content (AvgIpc) is 3.29. The van der Waals surface area contributed by atoms with Crippen LogP contribution in [-0.4, -0.2) is 46.9 Å². The minimum Gasteiger partial charge on any atom is -0.486 e. The lowest BCUT2D eigenvalue weighted by Crippen LogP contribution is -2.31. The number of carbonyl (C=O) groups is 1. The summed E-state index contributed by atoms with van der Waals surface area (Å²) in [6.07, 6.45) is 2.51. The summed E-state index contributed by atoms with van der Waals surface area (Å²) in [7, 11) is 1.75. The molecular formula is C20H22FN7O3. The first kappa shape index (κ1) is 19.2. The molecule has 11 heteroatoms. The number of halogens is 1. The average molecular weight is 427 g/mol. The minimum absolute atomic E-state index is 0.196. The second-order valence-electron chi connectivity index (χ2n) is 7.59. The molecule has 1 fully saturated rings. The number of aromatic nitrogens is 3. The SMILES string of the molecule is CNc1cc(Nc2cc(F)cc3c2OCCO3)nc2c(NC(=O)N[C@@H]3CC3C)cnn12. The van der Waals surface area contributed by atoms with Crippen molar-refractivity contribution in [2.24, 2.45) is 5.92 Å². The number of anilines is 4. The number of hydrogen-bond acceptors (Lipinski definition) is 7. The van der Waals surface area contributed by atoms with Gasteiger partial charge in [-0.15, -0.1) is 0 Å². The highest BCUT2D eigenvalue weighted by Gasteiger charge is 2.34. The summed E-state index contributed by atoms with van der Waals surface area (Å²) in [6.45, 7) is 2.81. The topological polar surface area (TPSA) is 114 Å². The van der Waals surface area contributed by atoms with Crippen molar-refractivity contribution in [1.29, 1.82) is 0 Å². The lowest BCUT2D eigenvalue weighted by molar-refractivity contribution is 0.172. The van der Waals surface area contributed by atoms with Crippen molar-refractivity contribution in [3.05, 3.63) is 30.2 Å². The second kappa shape index (κ2) is 7.49. The molecule has 31 heavy (non-hydrogen) atoms. The summed E-state index contributed by atoms with van der Waals surface area (Å²) in [4.78, 5) is 16.9. The van der Waals surface area contributed by atoms with Gasteiger partial charge in [0.15, 0.2) is 17.1 Å². The monoisotopic (exact) mass is 427 g/mol. The molecule has 4 N–H and O–H groups in total. The van der Waals surface area contributed by atoms with Crippen LogP contribution in [0.25, 0.3) is 5.65 Å². The lowest BCUT2D eigenvalue weighted by Gasteiger charge is -2.21. The van der Waals surface area contributed by atoms with Gasteiger partial charge in [0.1, 0.15) is 36.4 Å². The third-order valence-electron chi connectivity index (χ3n) is 5.27. The standard InChI is InChI=1S/C20H22FN7O3/c1-10-5-12(10)25-20(29)26-14-9-23-28-17(22-2)8-16(27-19(14)28)24-13-6-11(21)7-15-18(13)31-4-3-30-15/h6-10,12,22H,3-5H2,1-2H3,(H,24,27)(H2,25,26,29)/t10?,12-/m1/s1. The Balaban J connectivity index is 1.47. The van der Waals surface area contributed by atoms with Crippen LogP contribution in [0.4, 0.5) is 32.2 Å². The zero-order chi connectivity index (χ0) is 21.5. The van der Waals surface area contributed by atoms with E-state index in [1.807, 2.05) is 0 Å². The minimum atomic E-state index is -0.459. The van der Waals surface area contributed by atoms with E-state index in [2.05, 4.69) is 38.3 Å². The van der Waals surface area contributed by atoms with Gasteiger partial charge < -0.3 is 30.7 Å². The van der Waals surface area contributed by atoms with Crippen molar-refractivity contribution in [2.45, 2.75) is 19.4 Å². The Morgan fingerprint density at radius 1 is 1.23 bits per heavy atom. The Kier molecular flexibility index (Phi) is 4.64. The van der Waals surface area contributed by atoms with Crippen LogP contribution >= 0.6 is 0 Å². The first-order valence-electron chi connectivity index (χ1n) is 10.0. The van der Waals surface area contributed by atoms with Gasteiger partial charge >= 0.3 is 6.03 Å². The summed E-state index contributed by atoms with van der Waals surface area (Å²) >= 11 is 0. The van der Waals surface area contributed by atoms with Crippen molar-refractivity contribution in [2.75, 3.05) is 36.2 Å². The molecule has 3 heterocycles. The van der Waals surface area contributed by atoms with Gasteiger partial charge in [0.25, 0.3) is 0 Å². The highest BCUT2D eigenvalue weighted by Crippen LogP contribution is 2.40. The van der Waals surface area contributed by atoms with E-state index in [-0.39, 0.29) is 12.1 Å². The van der Waals surface area contributed by atoms with E-state index >= 15 is 0 Å². The van der Waals surface area contributed by atoms with Crippen LogP contribution in [0.5, 0.6) is 11.5 Å². The Hall–Kier alpha value is -3.76. The first-order valence-corrected chi connectivity index (χ1v) is 10.0. The van der Waals surface area contributed by atoms with Gasteiger partial charge in [-0.2, -0.15) is 9.61 Å². The number of urea groups is 1. The number of rotatable bonds is 5. The zero-order valence-electron chi connectivity index (χ0n) is 17.0. The molecule has 1 saturated carbocycles. The highest BCUT2D eigenvalue weighted by molar-refractivity contribution is 5.93. The molecule has 1 unspecified atom stereocenters. The molecule has 0 bridgehead atoms. The van der Waals surface area contributed by atoms with Crippen LogP contribution in [0, 0.1) is 11.7 Å². The Morgan fingerprint density at radius 2 is 2.03 bits per heavy atom. The molecule has 1 aromatic carbocycles. The maximum Gasteiger partial charge on any atom is 0.319 e. The van der Waals surface area contributed by atoms with E-state index < -0.39 is 5.82 Å². The number of ether oxygens (including phenoxy) is 2. The normalized spacial score (nSPS) is 19.1. The number of hydrogen-bond donors (Lipinski definition) is 4. The van der Waals surface area contributed by atoms with Crippen LogP contribution < -0.4 is 30.7 Å². The number of amides is 2. The van der Waals surface area contributed by atoms with E-state index in [4.69, 9.17) is 9.47 Å². The van der Waals surface area contributed by atoms with Crippen molar-refractivity contribution >= 4 is 34.7 Å². The van der Waals surface area contributed by atoms with E-state index in [1.165, 1.54) is 18.3 Å². The van der Waals surface area contributed by atoms with Crippen LogP contribution in [0.1, 0.15) is 13.3 Å². The van der Waals surface area contributed by atoms with Gasteiger partial charge in [0, 0.05) is 31.3 Å². The van der Waals surface area contributed by atoms with Gasteiger partial charge in [-0.3, -0.25) is 0 Å². The highest BCUT2D eigenvalue weighted by atomic mass is 19.1. The molecular weight excluding hydrogens is 405 g/mol. The molecule has 2 aliphatic rings. The predicted molar refractivity (Wildman–Crippen MR) is 113 cm³/mol. The number of benzene rings is 1. The number of fused-ring (bicyclic) bond motifs is 2. The summed E-state index contributed by atoms with van der Waals surface area (Å²) in [5, 5.41) is 16.2. The van der Waals surface area contributed by atoms with Gasteiger partial charge in [-0.25, -0.2) is 14.2 Å². The second-order valence-corrected chi connectivity index (χ2v) is 7.59. The molecule has 3 aromatic rings. The van der Waals surface area contributed by atoms with Crippen molar-refractivity contribution in [1.82, 2.24) is 19.9 Å². The molecule has 5 rings (SSSR count). The Labute approximate surface area is 177 Å². The van der Waals surface area contributed by atoms with Crippen LogP contribution in [0.3, 0.4) is 0 Å². The summed E-state index contributed by atoms with van der Waals surface area (Å²) in [5.74, 6) is 1.83. The fourth-order valence-electron chi connectivity index (χ4n) is 3.49. The fraction of sp³-hybridized carbons (Fsp3) is 0.350. The maximum atomic E-state index is 14.1. The van der Waals surface area contributed by atoms with Crippen molar-refractivity contribution in [3.8, 4) is 11.5 Å². The third-order valence-corrected chi connectivity index (χ3v) is 5.27. The van der Waals surface area contributed by atoms with Gasteiger partial charge in [-0.1, -0.05) is 6.92 Å². The summed E-state index contributed by atoms with van der Waals surface area (Å²) in [6, 6.07) is 4.21. The zero-order valence-corrected chi connectivity index (χ0v) is 17.0. The van der Waals surface area contributed by atoms with Gasteiger partial charge in [0.05, 0.1) is 11.9 Å². The Bertz CT molecular complexity index is 1170. The molecule has 10 nitrogen and oxygen atoms in total. The van der Waals surface area contributed by atoms with Crippen molar-refractivity contribution < 1.29 is 18.7 Å². The molecule has 1 aliphatic carbocycles. The molecule has 2 amide bonds. The van der Waals surface area contributed by atoms with Crippen LogP contribution in [0.15, 0.2) is 24.4 Å². The van der Waals surface area contributed by atoms with Crippen LogP contribution in [0.2, 0.25) is 0 Å². The molecule has 0 spiro atoms. The summed E-state index contributed by atoms with van der Waals surface area (Å²) in [5.41, 5.74) is 1.27. The Morgan fingerprint density at radius 3 is 2.81 bits per heavy atom. The molecule has 2 aromatic heterocycles. The van der Waals surface area contributed by atoms with E-state index in [0.29, 0.717) is 59.3 Å². The largest absolute Gasteiger partial charge is 0.486 e. The fourth-order valence-corrected chi connectivity index (χ4v) is 3.49. The molecule has 0 radical (unpaired) electrons. The summed E-state index contributed by atoms with van der Waals surface area (Å²) < 4.78 is 26.8. The molecule has 162 valence electrons. The molecule has 2 atom stereocenters. The number of carbonyl (C=O) groups excluding carboxylic acids is 1. The first-order chi connectivity index (χ1) is 15.0. The smallest absolute Gasteiger partial charge is 0.319 e. The maximum absolute atomic E-state index is 14.1. The van der Waals surface area contributed by atoms with Crippen LogP contribution in [-0.2, 0) is 0 Å². The lowest BCUT2D eigenvalue weighted by atomic mass is 10.2. The molecule has 1 aliphatic heterocycles. The van der Waals surface area contributed by atoms with E-state index in [1.54, 1.807) is 17.6 Å². The van der Waals surface area contributed by atoms with E-state index in [9.17, 15) is 9.18 Å². The third kappa shape index (κ3) is 3.74. The quantitative estimate of drug-likeness (QED) is 0.495. The number of nitrogens with zero attached hydrogens (tertiary/aromatic N) is 3. The molecule has 0 saturated heterocycles. The number of nitrogens with one attached hydrogen (secondary N) is 4. The predicted octanol–water partition coefficient (Wildman–Crippen LogP) is 2.95. The van der Waals surface area contributed by atoms with Crippen molar-refractivity contribution in [3.63, 3.8) is 0 Å².